The van der Waals surface area contributed by atoms with Gasteiger partial charge >= 0.3 is 0 Å². The molecule has 1 aromatic rings. The number of hydrogen-bond donors (Lipinski definition) is 1. The van der Waals surface area contributed by atoms with Gasteiger partial charge in [-0.05, 0) is 38.3 Å². The quantitative estimate of drug-likeness (QED) is 0.929. The number of likely N-dealkylation sites (tertiary alicyclic amines) is 1. The minimum atomic E-state index is -0.0919. The molecule has 3 rings (SSSR count). The van der Waals surface area contributed by atoms with Crippen LogP contribution >= 0.6 is 0 Å². The van der Waals surface area contributed by atoms with Gasteiger partial charge < -0.3 is 10.2 Å². The van der Waals surface area contributed by atoms with Gasteiger partial charge in [0, 0.05) is 43.0 Å². The molecule has 2 aliphatic rings. The molecule has 0 saturated carbocycles. The van der Waals surface area contributed by atoms with Gasteiger partial charge in [-0.2, -0.15) is 0 Å². The monoisotopic (exact) mass is 299 g/mol. The van der Waals surface area contributed by atoms with Gasteiger partial charge in [0.05, 0.1) is 5.56 Å². The van der Waals surface area contributed by atoms with Crippen LogP contribution in [-0.4, -0.2) is 35.3 Å². The first-order chi connectivity index (χ1) is 10.5. The molecule has 1 aliphatic heterocycles. The molecule has 0 radical (unpaired) electrons. The third kappa shape index (κ3) is 2.40. The highest BCUT2D eigenvalue weighted by molar-refractivity contribution is 5.95. The van der Waals surface area contributed by atoms with Crippen LogP contribution in [0.4, 0.5) is 0 Å². The van der Waals surface area contributed by atoms with Crippen molar-refractivity contribution >= 4 is 11.8 Å². The van der Waals surface area contributed by atoms with E-state index in [1.807, 2.05) is 14.0 Å². The van der Waals surface area contributed by atoms with E-state index in [2.05, 4.69) is 16.4 Å². The topological polar surface area (TPSA) is 62.3 Å². The molecule has 1 saturated heterocycles. The maximum absolute atomic E-state index is 12.4. The summed E-state index contributed by atoms with van der Waals surface area (Å²) >= 11 is 0. The van der Waals surface area contributed by atoms with Crippen LogP contribution in [0.15, 0.2) is 30.1 Å². The summed E-state index contributed by atoms with van der Waals surface area (Å²) in [6.45, 7) is 2.41. The van der Waals surface area contributed by atoms with Gasteiger partial charge in [-0.1, -0.05) is 6.08 Å². The second-order valence-corrected chi connectivity index (χ2v) is 6.18. The van der Waals surface area contributed by atoms with Crippen molar-refractivity contribution in [3.8, 4) is 0 Å². The van der Waals surface area contributed by atoms with Gasteiger partial charge in [-0.3, -0.25) is 14.6 Å². The van der Waals surface area contributed by atoms with Gasteiger partial charge in [-0.25, -0.2) is 0 Å². The summed E-state index contributed by atoms with van der Waals surface area (Å²) in [5.41, 5.74) is 2.33. The number of allylic oxidation sites excluding steroid dienone is 1. The summed E-state index contributed by atoms with van der Waals surface area (Å²) in [6.07, 6.45) is 7.15. The Morgan fingerprint density at radius 1 is 1.45 bits per heavy atom. The third-order valence-corrected chi connectivity index (χ3v) is 4.90. The molecule has 22 heavy (non-hydrogen) atoms. The van der Waals surface area contributed by atoms with Crippen molar-refractivity contribution in [2.24, 2.45) is 5.41 Å². The second-order valence-electron chi connectivity index (χ2n) is 6.18. The van der Waals surface area contributed by atoms with Crippen molar-refractivity contribution in [1.82, 2.24) is 15.2 Å². The summed E-state index contributed by atoms with van der Waals surface area (Å²) in [6, 6.07) is 3.56. The zero-order chi connectivity index (χ0) is 15.7. The Bertz CT molecular complexity index is 653. The Morgan fingerprint density at radius 2 is 2.27 bits per heavy atom. The lowest BCUT2D eigenvalue weighted by Gasteiger charge is -2.41. The maximum atomic E-state index is 12.4. The lowest BCUT2D eigenvalue weighted by molar-refractivity contribution is -0.131. The molecule has 2 amide bonds. The number of carbonyl (C=O) groups excluding carboxylic acids is 2. The highest BCUT2D eigenvalue weighted by Crippen LogP contribution is 2.46. The first kappa shape index (κ1) is 14.8. The van der Waals surface area contributed by atoms with Crippen molar-refractivity contribution in [2.45, 2.75) is 32.6 Å². The van der Waals surface area contributed by atoms with Crippen LogP contribution < -0.4 is 5.32 Å². The number of hydrogen-bond acceptors (Lipinski definition) is 3. The number of fused-ring (bicyclic) bond motifs is 1. The summed E-state index contributed by atoms with van der Waals surface area (Å²) in [5.74, 6) is 0.0731. The van der Waals surface area contributed by atoms with Crippen molar-refractivity contribution < 1.29 is 9.59 Å². The fourth-order valence-electron chi connectivity index (χ4n) is 3.56. The smallest absolute Gasteiger partial charge is 0.253 e. The summed E-state index contributed by atoms with van der Waals surface area (Å²) in [5, 5.41) is 3.05. The summed E-state index contributed by atoms with van der Waals surface area (Å²) < 4.78 is 0. The number of amides is 2. The number of pyridine rings is 1. The average molecular weight is 299 g/mol. The van der Waals surface area contributed by atoms with Crippen LogP contribution in [0.3, 0.4) is 0 Å². The van der Waals surface area contributed by atoms with E-state index in [1.54, 1.807) is 23.2 Å². The van der Waals surface area contributed by atoms with E-state index >= 15 is 0 Å². The Labute approximate surface area is 130 Å². The Kier molecular flexibility index (Phi) is 3.72. The van der Waals surface area contributed by atoms with E-state index in [1.165, 1.54) is 0 Å². The predicted molar refractivity (Wildman–Crippen MR) is 83.1 cm³/mol. The van der Waals surface area contributed by atoms with Gasteiger partial charge in [0.25, 0.3) is 5.91 Å². The number of rotatable bonds is 3. The molecule has 0 aromatic carbocycles. The van der Waals surface area contributed by atoms with E-state index in [4.69, 9.17) is 0 Å². The Hall–Kier alpha value is -2.17. The van der Waals surface area contributed by atoms with Crippen LogP contribution in [0, 0.1) is 12.3 Å². The van der Waals surface area contributed by atoms with E-state index in [0.717, 1.165) is 30.7 Å². The molecule has 5 heteroatoms. The number of aryl methyl sites for hydroxylation is 1. The third-order valence-electron chi connectivity index (χ3n) is 4.90. The molecule has 2 heterocycles. The van der Waals surface area contributed by atoms with Gasteiger partial charge in [-0.15, -0.1) is 0 Å². The van der Waals surface area contributed by atoms with E-state index in [9.17, 15) is 9.59 Å². The second kappa shape index (κ2) is 5.55. The van der Waals surface area contributed by atoms with Gasteiger partial charge in [0.2, 0.25) is 5.91 Å². The number of aromatic nitrogens is 1. The molecule has 1 atom stereocenters. The standard InChI is InChI=1S/C17H21N3O2/c1-12-13(5-4-10-18-12)16(22)19-11-17-8-3-6-14(17)20(2)15(21)7-9-17/h4-6,10H,3,7-9,11H2,1-2H3,(H,19,22). The highest BCUT2D eigenvalue weighted by Gasteiger charge is 2.44. The number of nitrogens with zero attached hydrogens (tertiary/aromatic N) is 2. The molecule has 1 aliphatic carbocycles. The minimum Gasteiger partial charge on any atom is -0.351 e. The average Bonchev–Trinajstić information content (AvgIpc) is 2.94. The maximum Gasteiger partial charge on any atom is 0.253 e. The number of piperidine rings is 1. The first-order valence-electron chi connectivity index (χ1n) is 7.70. The lowest BCUT2D eigenvalue weighted by atomic mass is 9.77. The number of nitrogens with one attached hydrogen (secondary N) is 1. The molecule has 0 bridgehead atoms. The van der Waals surface area contributed by atoms with E-state index < -0.39 is 0 Å². The molecule has 5 nitrogen and oxygen atoms in total. The van der Waals surface area contributed by atoms with Crippen molar-refractivity contribution in [3.05, 3.63) is 41.4 Å². The molecular formula is C17H21N3O2. The molecule has 1 N–H and O–H groups in total. The predicted octanol–water partition coefficient (Wildman–Crippen LogP) is 2.04. The molecule has 0 spiro atoms. The normalized spacial score (nSPS) is 24.0. The summed E-state index contributed by atoms with van der Waals surface area (Å²) in [4.78, 5) is 30.2. The van der Waals surface area contributed by atoms with Gasteiger partial charge in [0.1, 0.15) is 0 Å². The fraction of sp³-hybridized carbons (Fsp3) is 0.471. The van der Waals surface area contributed by atoms with Crippen LogP contribution in [0.25, 0.3) is 0 Å². The van der Waals surface area contributed by atoms with E-state index in [-0.39, 0.29) is 17.2 Å². The Morgan fingerprint density at radius 3 is 3.05 bits per heavy atom. The van der Waals surface area contributed by atoms with Crippen LogP contribution in [0.5, 0.6) is 0 Å². The van der Waals surface area contributed by atoms with Crippen LogP contribution in [0.1, 0.15) is 41.7 Å². The van der Waals surface area contributed by atoms with Gasteiger partial charge in [0.15, 0.2) is 0 Å². The fourth-order valence-corrected chi connectivity index (χ4v) is 3.56. The van der Waals surface area contributed by atoms with Crippen molar-refractivity contribution in [1.29, 1.82) is 0 Å². The molecule has 1 fully saturated rings. The molecular weight excluding hydrogens is 278 g/mol. The molecule has 1 unspecified atom stereocenters. The Balaban J connectivity index is 1.73. The van der Waals surface area contributed by atoms with Crippen LogP contribution in [0.2, 0.25) is 0 Å². The number of carbonyl (C=O) groups is 2. The van der Waals surface area contributed by atoms with E-state index in [0.29, 0.717) is 18.5 Å². The minimum absolute atomic E-state index is 0.0889. The lowest BCUT2D eigenvalue weighted by Crippen LogP contribution is -2.46. The highest BCUT2D eigenvalue weighted by atomic mass is 16.2. The first-order valence-corrected chi connectivity index (χ1v) is 7.70. The molecule has 1 aromatic heterocycles. The zero-order valence-electron chi connectivity index (χ0n) is 13.1. The molecule has 116 valence electrons. The van der Waals surface area contributed by atoms with Crippen LogP contribution in [-0.2, 0) is 4.79 Å². The SMILES string of the molecule is Cc1ncccc1C(=O)NCC12CCC=C1N(C)C(=O)CC2. The van der Waals surface area contributed by atoms with Crippen molar-refractivity contribution in [3.63, 3.8) is 0 Å². The summed E-state index contributed by atoms with van der Waals surface area (Å²) in [7, 11) is 1.83. The zero-order valence-corrected chi connectivity index (χ0v) is 13.1. The van der Waals surface area contributed by atoms with Crippen molar-refractivity contribution in [2.75, 3.05) is 13.6 Å². The largest absolute Gasteiger partial charge is 0.351 e.